The highest BCUT2D eigenvalue weighted by Crippen LogP contribution is 2.28. The standard InChI is InChI=1S/C14H23N5O2/c1-11-16-9-14(19(20)21)18(11)8-7-17(13-4-5-13)10-12-3-2-6-15-12/h9,12-13,15H,2-8,10H2,1H3. The molecule has 2 heterocycles. The molecule has 0 aromatic carbocycles. The lowest BCUT2D eigenvalue weighted by atomic mass is 10.2. The van der Waals surface area contributed by atoms with E-state index in [1.807, 2.05) is 6.92 Å². The van der Waals surface area contributed by atoms with E-state index < -0.39 is 0 Å². The summed E-state index contributed by atoms with van der Waals surface area (Å²) in [6, 6.07) is 1.26. The summed E-state index contributed by atoms with van der Waals surface area (Å²) in [4.78, 5) is 17.2. The van der Waals surface area contributed by atoms with Crippen LogP contribution in [0.1, 0.15) is 31.5 Å². The molecule has 0 spiro atoms. The van der Waals surface area contributed by atoms with Crippen molar-refractivity contribution in [3.63, 3.8) is 0 Å². The molecule has 2 fully saturated rings. The second kappa shape index (κ2) is 6.11. The first-order valence-electron chi connectivity index (χ1n) is 7.79. The number of nitro groups is 1. The van der Waals surface area contributed by atoms with Crippen LogP contribution in [0.5, 0.6) is 0 Å². The van der Waals surface area contributed by atoms with E-state index in [9.17, 15) is 10.1 Å². The molecule has 7 heteroatoms. The fraction of sp³-hybridized carbons (Fsp3) is 0.786. The summed E-state index contributed by atoms with van der Waals surface area (Å²) in [6.07, 6.45) is 6.38. The molecule has 1 aromatic rings. The number of nitrogens with zero attached hydrogens (tertiary/aromatic N) is 4. The highest BCUT2D eigenvalue weighted by molar-refractivity contribution is 5.18. The molecule has 3 rings (SSSR count). The lowest BCUT2D eigenvalue weighted by molar-refractivity contribution is -0.392. The minimum atomic E-state index is -0.347. The van der Waals surface area contributed by atoms with E-state index in [0.717, 1.165) is 25.5 Å². The van der Waals surface area contributed by atoms with Gasteiger partial charge in [-0.25, -0.2) is 9.55 Å². The fourth-order valence-corrected chi connectivity index (χ4v) is 3.17. The smallest absolute Gasteiger partial charge is 0.342 e. The fourth-order valence-electron chi connectivity index (χ4n) is 3.17. The van der Waals surface area contributed by atoms with Crippen LogP contribution in [0.2, 0.25) is 0 Å². The second-order valence-electron chi connectivity index (χ2n) is 6.09. The molecule has 1 aliphatic heterocycles. The van der Waals surface area contributed by atoms with Gasteiger partial charge in [0.15, 0.2) is 5.82 Å². The molecule has 1 aliphatic carbocycles. The number of imidazole rings is 1. The molecular formula is C14H23N5O2. The minimum absolute atomic E-state index is 0.0993. The zero-order valence-electron chi connectivity index (χ0n) is 12.5. The number of hydrogen-bond acceptors (Lipinski definition) is 5. The van der Waals surface area contributed by atoms with E-state index in [2.05, 4.69) is 15.2 Å². The van der Waals surface area contributed by atoms with Gasteiger partial charge in [-0.3, -0.25) is 4.90 Å². The summed E-state index contributed by atoms with van der Waals surface area (Å²) in [5.74, 6) is 0.818. The summed E-state index contributed by atoms with van der Waals surface area (Å²) in [6.45, 7) is 5.51. The maximum Gasteiger partial charge on any atom is 0.342 e. The van der Waals surface area contributed by atoms with Crippen LogP contribution in [0.4, 0.5) is 5.82 Å². The zero-order chi connectivity index (χ0) is 14.8. The number of aromatic nitrogens is 2. The van der Waals surface area contributed by atoms with Crippen molar-refractivity contribution in [1.29, 1.82) is 0 Å². The van der Waals surface area contributed by atoms with Gasteiger partial charge in [0.25, 0.3) is 0 Å². The second-order valence-corrected chi connectivity index (χ2v) is 6.09. The Balaban J connectivity index is 1.61. The van der Waals surface area contributed by atoms with Gasteiger partial charge in [-0.1, -0.05) is 0 Å². The molecule has 116 valence electrons. The van der Waals surface area contributed by atoms with Gasteiger partial charge in [0.2, 0.25) is 0 Å². The molecule has 1 N–H and O–H groups in total. The van der Waals surface area contributed by atoms with E-state index in [1.165, 1.54) is 31.9 Å². The molecule has 0 bridgehead atoms. The summed E-state index contributed by atoms with van der Waals surface area (Å²) in [5.41, 5.74) is 0. The van der Waals surface area contributed by atoms with Crippen molar-refractivity contribution in [3.8, 4) is 0 Å². The van der Waals surface area contributed by atoms with Crippen molar-refractivity contribution in [2.75, 3.05) is 19.6 Å². The summed E-state index contributed by atoms with van der Waals surface area (Å²) in [7, 11) is 0. The van der Waals surface area contributed by atoms with Gasteiger partial charge < -0.3 is 15.4 Å². The third-order valence-electron chi connectivity index (χ3n) is 4.51. The minimum Gasteiger partial charge on any atom is -0.358 e. The number of rotatable bonds is 7. The van der Waals surface area contributed by atoms with E-state index in [-0.39, 0.29) is 10.7 Å². The van der Waals surface area contributed by atoms with Crippen LogP contribution in [0, 0.1) is 17.0 Å². The van der Waals surface area contributed by atoms with Crippen LogP contribution >= 0.6 is 0 Å². The van der Waals surface area contributed by atoms with Gasteiger partial charge in [-0.15, -0.1) is 0 Å². The Labute approximate surface area is 124 Å². The molecule has 21 heavy (non-hydrogen) atoms. The summed E-state index contributed by atoms with van der Waals surface area (Å²) < 4.78 is 1.72. The molecule has 2 aliphatic rings. The first-order valence-corrected chi connectivity index (χ1v) is 7.79. The molecule has 1 saturated carbocycles. The first kappa shape index (κ1) is 14.5. The van der Waals surface area contributed by atoms with E-state index >= 15 is 0 Å². The van der Waals surface area contributed by atoms with E-state index in [1.54, 1.807) is 4.57 Å². The van der Waals surface area contributed by atoms with Crippen molar-refractivity contribution in [2.45, 2.75) is 51.2 Å². The zero-order valence-corrected chi connectivity index (χ0v) is 12.5. The Morgan fingerprint density at radius 1 is 1.52 bits per heavy atom. The third-order valence-corrected chi connectivity index (χ3v) is 4.51. The Morgan fingerprint density at radius 3 is 2.95 bits per heavy atom. The third kappa shape index (κ3) is 3.41. The van der Waals surface area contributed by atoms with Crippen molar-refractivity contribution in [1.82, 2.24) is 19.8 Å². The quantitative estimate of drug-likeness (QED) is 0.606. The molecule has 0 amide bonds. The largest absolute Gasteiger partial charge is 0.358 e. The van der Waals surface area contributed by atoms with Crippen molar-refractivity contribution in [2.24, 2.45) is 0 Å². The Kier molecular flexibility index (Phi) is 4.21. The maximum atomic E-state index is 11.0. The molecular weight excluding hydrogens is 270 g/mol. The van der Waals surface area contributed by atoms with Crippen LogP contribution in [0.3, 0.4) is 0 Å². The Morgan fingerprint density at radius 2 is 2.33 bits per heavy atom. The highest BCUT2D eigenvalue weighted by atomic mass is 16.6. The molecule has 7 nitrogen and oxygen atoms in total. The predicted molar refractivity (Wildman–Crippen MR) is 79.2 cm³/mol. The van der Waals surface area contributed by atoms with Crippen molar-refractivity contribution >= 4 is 5.82 Å². The molecule has 1 aromatic heterocycles. The average molecular weight is 293 g/mol. The molecule has 1 saturated heterocycles. The van der Waals surface area contributed by atoms with E-state index in [0.29, 0.717) is 18.6 Å². The lowest BCUT2D eigenvalue weighted by Gasteiger charge is -2.25. The van der Waals surface area contributed by atoms with Crippen LogP contribution in [0.15, 0.2) is 6.20 Å². The monoisotopic (exact) mass is 293 g/mol. The van der Waals surface area contributed by atoms with Gasteiger partial charge in [0.05, 0.1) is 0 Å². The number of nitrogens with one attached hydrogen (secondary N) is 1. The Bertz CT molecular complexity index is 505. The maximum absolute atomic E-state index is 11.0. The highest BCUT2D eigenvalue weighted by Gasteiger charge is 2.32. The molecule has 1 atom stereocenters. The number of hydrogen-bond donors (Lipinski definition) is 1. The lowest BCUT2D eigenvalue weighted by Crippen LogP contribution is -2.40. The predicted octanol–water partition coefficient (Wildman–Crippen LogP) is 1.32. The number of aryl methyl sites for hydroxylation is 1. The molecule has 1 unspecified atom stereocenters. The van der Waals surface area contributed by atoms with Gasteiger partial charge in [-0.05, 0) is 37.2 Å². The van der Waals surface area contributed by atoms with Crippen molar-refractivity contribution in [3.05, 3.63) is 22.1 Å². The van der Waals surface area contributed by atoms with Gasteiger partial charge in [-0.2, -0.15) is 0 Å². The summed E-state index contributed by atoms with van der Waals surface area (Å²) >= 11 is 0. The van der Waals surface area contributed by atoms with Gasteiger partial charge in [0, 0.05) is 32.1 Å². The van der Waals surface area contributed by atoms with E-state index in [4.69, 9.17) is 0 Å². The summed E-state index contributed by atoms with van der Waals surface area (Å²) in [5, 5.41) is 14.6. The van der Waals surface area contributed by atoms with Crippen LogP contribution in [0.25, 0.3) is 0 Å². The van der Waals surface area contributed by atoms with Crippen LogP contribution in [-0.4, -0.2) is 51.1 Å². The Hall–Kier alpha value is -1.47. The average Bonchev–Trinajstić information content (AvgIpc) is 3.04. The van der Waals surface area contributed by atoms with Crippen molar-refractivity contribution < 1.29 is 4.92 Å². The van der Waals surface area contributed by atoms with Crippen LogP contribution in [-0.2, 0) is 6.54 Å². The normalized spacial score (nSPS) is 22.1. The van der Waals surface area contributed by atoms with Gasteiger partial charge in [0.1, 0.15) is 12.7 Å². The molecule has 0 radical (unpaired) electrons. The van der Waals surface area contributed by atoms with Crippen LogP contribution < -0.4 is 5.32 Å². The topological polar surface area (TPSA) is 76.2 Å². The van der Waals surface area contributed by atoms with Gasteiger partial charge >= 0.3 is 5.82 Å². The first-order chi connectivity index (χ1) is 10.1. The SMILES string of the molecule is Cc1ncc([N+](=O)[O-])n1CCN(CC1CCCN1)C1CC1.